The Morgan fingerprint density at radius 3 is 2.56 bits per heavy atom. The number of nitrogens with one attached hydrogen (secondary N) is 1. The second-order valence-corrected chi connectivity index (χ2v) is 5.22. The molecule has 7 heteroatoms. The average Bonchev–Trinajstić information content (AvgIpc) is 2.14. The highest BCUT2D eigenvalue weighted by molar-refractivity contribution is 7.88. The summed E-state index contributed by atoms with van der Waals surface area (Å²) in [5.41, 5.74) is 0. The molecule has 0 rings (SSSR count). The third-order valence-corrected chi connectivity index (χ3v) is 3.27. The molecule has 6 nitrogen and oxygen atoms in total. The summed E-state index contributed by atoms with van der Waals surface area (Å²) >= 11 is 0. The molecule has 0 amide bonds. The van der Waals surface area contributed by atoms with Gasteiger partial charge in [-0.3, -0.25) is 0 Å². The number of sulfonamides is 1. The van der Waals surface area contributed by atoms with Gasteiger partial charge in [0.05, 0.1) is 6.26 Å². The molecule has 0 saturated carbocycles. The maximum absolute atomic E-state index is 11.2. The second-order valence-electron chi connectivity index (χ2n) is 3.23. The summed E-state index contributed by atoms with van der Waals surface area (Å²) in [6.07, 6.45) is 4.13. The summed E-state index contributed by atoms with van der Waals surface area (Å²) < 4.78 is 23.7. The normalized spacial score (nSPS) is 12.2. The fourth-order valence-corrected chi connectivity index (χ4v) is 2.06. The van der Waals surface area contributed by atoms with E-state index in [9.17, 15) is 13.2 Å². The summed E-state index contributed by atoms with van der Waals surface area (Å²) in [4.78, 5) is 10.1. The lowest BCUT2D eigenvalue weighted by atomic mass is 10.4. The van der Waals surface area contributed by atoms with Gasteiger partial charge in [-0.15, -0.1) is 0 Å². The summed E-state index contributed by atoms with van der Waals surface area (Å²) in [7, 11) is -3.13. The molecule has 0 unspecified atom stereocenters. The van der Waals surface area contributed by atoms with Crippen molar-refractivity contribution >= 4 is 16.0 Å². The van der Waals surface area contributed by atoms with E-state index < -0.39 is 16.0 Å². The van der Waals surface area contributed by atoms with Gasteiger partial charge < -0.3 is 10.4 Å². The molecular formula is C9H18N2O4S. The molecule has 0 aliphatic carbocycles. The lowest BCUT2D eigenvalue weighted by Gasteiger charge is -2.17. The molecule has 0 fully saturated rings. The van der Waals surface area contributed by atoms with E-state index in [-0.39, 0.29) is 0 Å². The predicted octanol–water partition coefficient (Wildman–Crippen LogP) is -0.154. The van der Waals surface area contributed by atoms with Crippen molar-refractivity contribution in [2.75, 3.05) is 25.9 Å². The van der Waals surface area contributed by atoms with Crippen LogP contribution in [0.25, 0.3) is 0 Å². The van der Waals surface area contributed by atoms with E-state index in [1.165, 1.54) is 16.8 Å². The Morgan fingerprint density at radius 2 is 2.12 bits per heavy atom. The quantitative estimate of drug-likeness (QED) is 0.462. The molecule has 0 aliphatic heterocycles. The second kappa shape index (κ2) is 7.24. The minimum atomic E-state index is -3.13. The zero-order valence-electron chi connectivity index (χ0n) is 9.51. The number of carboxylic acids is 1. The van der Waals surface area contributed by atoms with Crippen molar-refractivity contribution in [3.05, 3.63) is 12.3 Å². The first-order valence-electron chi connectivity index (χ1n) is 4.96. The Labute approximate surface area is 96.0 Å². The van der Waals surface area contributed by atoms with E-state index in [1.54, 1.807) is 6.92 Å². The van der Waals surface area contributed by atoms with E-state index in [1.807, 2.05) is 0 Å². The smallest absolute Gasteiger partial charge is 0.329 e. The molecule has 0 spiro atoms. The molecule has 0 bridgehead atoms. The number of aliphatic carboxylic acids is 1. The highest BCUT2D eigenvalue weighted by atomic mass is 32.2. The van der Waals surface area contributed by atoms with Crippen molar-refractivity contribution in [2.24, 2.45) is 0 Å². The maximum Gasteiger partial charge on any atom is 0.329 e. The van der Waals surface area contributed by atoms with Gasteiger partial charge in [-0.05, 0) is 6.42 Å². The molecule has 94 valence electrons. The number of carboxylic acid groups (broad SMARTS) is 1. The Morgan fingerprint density at radius 1 is 1.50 bits per heavy atom. The van der Waals surface area contributed by atoms with Gasteiger partial charge in [-0.1, -0.05) is 6.92 Å². The van der Waals surface area contributed by atoms with Crippen LogP contribution >= 0.6 is 0 Å². The third-order valence-electron chi connectivity index (χ3n) is 1.89. The molecule has 0 aliphatic rings. The van der Waals surface area contributed by atoms with Crippen molar-refractivity contribution < 1.29 is 18.3 Å². The molecule has 0 saturated heterocycles. The van der Waals surface area contributed by atoms with Crippen molar-refractivity contribution in [1.29, 1.82) is 0 Å². The van der Waals surface area contributed by atoms with Crippen LogP contribution in [0.2, 0.25) is 0 Å². The van der Waals surface area contributed by atoms with Crippen LogP contribution in [0.15, 0.2) is 12.3 Å². The third kappa shape index (κ3) is 7.24. The number of hydrogen-bond acceptors (Lipinski definition) is 4. The van der Waals surface area contributed by atoms with Crippen LogP contribution in [-0.4, -0.2) is 49.7 Å². The Kier molecular flexibility index (Phi) is 6.75. The molecule has 2 N–H and O–H groups in total. The topological polar surface area (TPSA) is 86.7 Å². The van der Waals surface area contributed by atoms with Gasteiger partial charge in [0.25, 0.3) is 0 Å². The van der Waals surface area contributed by atoms with Crippen LogP contribution in [0.4, 0.5) is 0 Å². The summed E-state index contributed by atoms with van der Waals surface area (Å²) in [5.74, 6) is -1.01. The van der Waals surface area contributed by atoms with Crippen molar-refractivity contribution in [3.8, 4) is 0 Å². The van der Waals surface area contributed by atoms with Crippen LogP contribution in [-0.2, 0) is 14.8 Å². The Bertz CT molecular complexity index is 337. The van der Waals surface area contributed by atoms with Gasteiger partial charge >= 0.3 is 5.97 Å². The van der Waals surface area contributed by atoms with Crippen LogP contribution in [0, 0.1) is 0 Å². The van der Waals surface area contributed by atoms with Gasteiger partial charge in [0.15, 0.2) is 0 Å². The standard InChI is InChI=1S/C9H18N2O4S/c1-3-11(16(2,14)15)8-4-6-10-7-5-9(12)13/h5,7,10H,3-4,6,8H2,1-2H3,(H,12,13)/b7-5+. The Hall–Kier alpha value is -1.08. The molecule has 0 atom stereocenters. The van der Waals surface area contributed by atoms with Crippen LogP contribution in [0.3, 0.4) is 0 Å². The highest BCUT2D eigenvalue weighted by Gasteiger charge is 2.12. The number of carbonyl (C=O) groups is 1. The molecule has 0 heterocycles. The molecule has 0 aromatic heterocycles. The fourth-order valence-electron chi connectivity index (χ4n) is 1.13. The van der Waals surface area contributed by atoms with E-state index in [4.69, 9.17) is 5.11 Å². The first-order valence-corrected chi connectivity index (χ1v) is 6.80. The zero-order valence-corrected chi connectivity index (χ0v) is 10.3. The summed E-state index contributed by atoms with van der Waals surface area (Å²) in [5, 5.41) is 11.1. The van der Waals surface area contributed by atoms with E-state index in [2.05, 4.69) is 5.32 Å². The van der Waals surface area contributed by atoms with Crippen molar-refractivity contribution in [1.82, 2.24) is 9.62 Å². The van der Waals surface area contributed by atoms with Gasteiger partial charge in [0, 0.05) is 31.9 Å². The zero-order chi connectivity index (χ0) is 12.6. The van der Waals surface area contributed by atoms with E-state index in [0.29, 0.717) is 26.1 Å². The summed E-state index contributed by atoms with van der Waals surface area (Å²) in [6.45, 7) is 3.20. The van der Waals surface area contributed by atoms with E-state index in [0.717, 1.165) is 6.08 Å². The minimum absolute atomic E-state index is 0.434. The molecular weight excluding hydrogens is 232 g/mol. The largest absolute Gasteiger partial charge is 0.478 e. The lowest BCUT2D eigenvalue weighted by molar-refractivity contribution is -0.131. The van der Waals surface area contributed by atoms with Gasteiger partial charge in [0.1, 0.15) is 0 Å². The monoisotopic (exact) mass is 250 g/mol. The van der Waals surface area contributed by atoms with Crippen molar-refractivity contribution in [2.45, 2.75) is 13.3 Å². The van der Waals surface area contributed by atoms with Crippen LogP contribution < -0.4 is 5.32 Å². The lowest BCUT2D eigenvalue weighted by Crippen LogP contribution is -2.31. The average molecular weight is 250 g/mol. The SMILES string of the molecule is CCN(CCCN/C=C/C(=O)O)S(C)(=O)=O. The number of hydrogen-bond donors (Lipinski definition) is 2. The van der Waals surface area contributed by atoms with Crippen molar-refractivity contribution in [3.63, 3.8) is 0 Å². The Balaban J connectivity index is 3.77. The molecule has 0 aromatic rings. The first kappa shape index (κ1) is 14.9. The first-order chi connectivity index (χ1) is 7.38. The van der Waals surface area contributed by atoms with Crippen LogP contribution in [0.1, 0.15) is 13.3 Å². The molecule has 16 heavy (non-hydrogen) atoms. The molecule has 0 aromatic carbocycles. The minimum Gasteiger partial charge on any atom is -0.478 e. The molecule has 0 radical (unpaired) electrons. The summed E-state index contributed by atoms with van der Waals surface area (Å²) in [6, 6.07) is 0. The van der Waals surface area contributed by atoms with E-state index >= 15 is 0 Å². The number of rotatable bonds is 8. The van der Waals surface area contributed by atoms with Gasteiger partial charge in [0.2, 0.25) is 10.0 Å². The van der Waals surface area contributed by atoms with Crippen LogP contribution in [0.5, 0.6) is 0 Å². The highest BCUT2D eigenvalue weighted by Crippen LogP contribution is 1.97. The fraction of sp³-hybridized carbons (Fsp3) is 0.667. The maximum atomic E-state index is 11.2. The predicted molar refractivity (Wildman–Crippen MR) is 61.5 cm³/mol. The number of nitrogens with zero attached hydrogens (tertiary/aromatic N) is 1. The van der Waals surface area contributed by atoms with Gasteiger partial charge in [-0.25, -0.2) is 17.5 Å². The van der Waals surface area contributed by atoms with Gasteiger partial charge in [-0.2, -0.15) is 0 Å².